The van der Waals surface area contributed by atoms with Crippen molar-refractivity contribution in [2.45, 2.75) is 39.8 Å². The first-order valence-corrected chi connectivity index (χ1v) is 8.80. The summed E-state index contributed by atoms with van der Waals surface area (Å²) in [6.07, 6.45) is 0.783. The Morgan fingerprint density at radius 1 is 1.40 bits per heavy atom. The maximum atomic E-state index is 12.3. The molecule has 2 aromatic rings. The van der Waals surface area contributed by atoms with Crippen LogP contribution in [-0.2, 0) is 6.54 Å². The number of aryl methyl sites for hydroxylation is 2. The highest BCUT2D eigenvalue weighted by molar-refractivity contribution is 5.74. The Hall–Kier alpha value is -2.50. The van der Waals surface area contributed by atoms with Gasteiger partial charge in [0.05, 0.1) is 18.3 Å². The predicted octanol–water partition coefficient (Wildman–Crippen LogP) is 2.96. The average Bonchev–Trinajstić information content (AvgIpc) is 2.90. The second-order valence-corrected chi connectivity index (χ2v) is 6.80. The van der Waals surface area contributed by atoms with Gasteiger partial charge in [0.2, 0.25) is 0 Å². The molecule has 0 fully saturated rings. The molecule has 0 unspecified atom stereocenters. The molecule has 0 aliphatic carbocycles. The molecule has 0 saturated carbocycles. The lowest BCUT2D eigenvalue weighted by Gasteiger charge is -2.27. The molecule has 0 spiro atoms. The van der Waals surface area contributed by atoms with E-state index in [2.05, 4.69) is 35.6 Å². The molecule has 0 bridgehead atoms. The summed E-state index contributed by atoms with van der Waals surface area (Å²) >= 11 is 0. The van der Waals surface area contributed by atoms with E-state index in [9.17, 15) is 4.79 Å². The van der Waals surface area contributed by atoms with Crippen molar-refractivity contribution in [1.29, 1.82) is 0 Å². The van der Waals surface area contributed by atoms with Gasteiger partial charge in [-0.15, -0.1) is 0 Å². The number of hydrogen-bond donors (Lipinski definition) is 2. The molecule has 2 amide bonds. The quantitative estimate of drug-likeness (QED) is 0.878. The van der Waals surface area contributed by atoms with E-state index in [1.807, 2.05) is 35.9 Å². The SMILES string of the molecule is Cc1cc(C)n(C[C@@H](C)CNC(=O)N[C@H]2CCOc3ccccc32)n1. The van der Waals surface area contributed by atoms with Crippen molar-refractivity contribution in [3.8, 4) is 5.75 Å². The largest absolute Gasteiger partial charge is 0.493 e. The monoisotopic (exact) mass is 342 g/mol. The fourth-order valence-electron chi connectivity index (χ4n) is 3.19. The summed E-state index contributed by atoms with van der Waals surface area (Å²) in [5, 5.41) is 10.5. The zero-order valence-electron chi connectivity index (χ0n) is 15.1. The number of hydrogen-bond acceptors (Lipinski definition) is 3. The van der Waals surface area contributed by atoms with E-state index in [4.69, 9.17) is 4.74 Å². The topological polar surface area (TPSA) is 68.2 Å². The summed E-state index contributed by atoms with van der Waals surface area (Å²) in [4.78, 5) is 12.3. The Kier molecular flexibility index (Phi) is 5.26. The summed E-state index contributed by atoms with van der Waals surface area (Å²) in [6.45, 7) is 8.17. The van der Waals surface area contributed by atoms with Gasteiger partial charge >= 0.3 is 6.03 Å². The van der Waals surface area contributed by atoms with Crippen molar-refractivity contribution in [2.24, 2.45) is 5.92 Å². The molecular formula is C19H26N4O2. The standard InChI is InChI=1S/C19H26N4O2/c1-13(12-23-15(3)10-14(2)22-23)11-20-19(24)21-17-8-9-25-18-7-5-4-6-16(17)18/h4-7,10,13,17H,8-9,11-12H2,1-3H3,(H2,20,21,24)/t13-,17-/m0/s1. The summed E-state index contributed by atoms with van der Waals surface area (Å²) in [5.74, 6) is 1.16. The van der Waals surface area contributed by atoms with E-state index in [-0.39, 0.29) is 12.1 Å². The molecule has 2 atom stereocenters. The number of aromatic nitrogens is 2. The van der Waals surface area contributed by atoms with Crippen LogP contribution in [0.2, 0.25) is 0 Å². The van der Waals surface area contributed by atoms with E-state index < -0.39 is 0 Å². The second kappa shape index (κ2) is 7.59. The number of amides is 2. The van der Waals surface area contributed by atoms with Crippen LogP contribution in [0.25, 0.3) is 0 Å². The van der Waals surface area contributed by atoms with Gasteiger partial charge in [0.15, 0.2) is 0 Å². The van der Waals surface area contributed by atoms with Crippen LogP contribution in [0.3, 0.4) is 0 Å². The molecule has 1 aromatic heterocycles. The van der Waals surface area contributed by atoms with Crippen LogP contribution in [0.5, 0.6) is 5.75 Å². The van der Waals surface area contributed by atoms with Gasteiger partial charge < -0.3 is 15.4 Å². The van der Waals surface area contributed by atoms with Gasteiger partial charge in [-0.1, -0.05) is 25.1 Å². The molecule has 1 aliphatic rings. The average molecular weight is 342 g/mol. The number of rotatable bonds is 5. The minimum absolute atomic E-state index is 0.00346. The third kappa shape index (κ3) is 4.32. The van der Waals surface area contributed by atoms with Crippen LogP contribution in [0.1, 0.15) is 36.3 Å². The van der Waals surface area contributed by atoms with Crippen molar-refractivity contribution in [3.05, 3.63) is 47.3 Å². The molecule has 1 aromatic carbocycles. The van der Waals surface area contributed by atoms with E-state index in [1.165, 1.54) is 0 Å². The molecule has 2 N–H and O–H groups in total. The molecule has 2 heterocycles. The van der Waals surface area contributed by atoms with Gasteiger partial charge in [-0.2, -0.15) is 5.10 Å². The van der Waals surface area contributed by atoms with Crippen molar-refractivity contribution >= 4 is 6.03 Å². The van der Waals surface area contributed by atoms with Gasteiger partial charge in [0.25, 0.3) is 0 Å². The first kappa shape index (κ1) is 17.3. The zero-order chi connectivity index (χ0) is 17.8. The third-order valence-corrected chi connectivity index (χ3v) is 4.46. The number of urea groups is 1. The number of nitrogens with one attached hydrogen (secondary N) is 2. The number of para-hydroxylation sites is 1. The normalized spacial score (nSPS) is 17.3. The van der Waals surface area contributed by atoms with Crippen molar-refractivity contribution in [3.63, 3.8) is 0 Å². The van der Waals surface area contributed by atoms with E-state index in [0.717, 1.165) is 35.7 Å². The number of carbonyl (C=O) groups excluding carboxylic acids is 1. The highest BCUT2D eigenvalue weighted by Crippen LogP contribution is 2.31. The predicted molar refractivity (Wildman–Crippen MR) is 96.7 cm³/mol. The smallest absolute Gasteiger partial charge is 0.315 e. The summed E-state index contributed by atoms with van der Waals surface area (Å²) < 4.78 is 7.63. The van der Waals surface area contributed by atoms with Gasteiger partial charge in [-0.25, -0.2) is 4.79 Å². The summed E-state index contributed by atoms with van der Waals surface area (Å²) in [6, 6.07) is 9.79. The van der Waals surface area contributed by atoms with Gasteiger partial charge in [0.1, 0.15) is 5.75 Å². The van der Waals surface area contributed by atoms with Gasteiger partial charge in [-0.3, -0.25) is 4.68 Å². The lowest BCUT2D eigenvalue weighted by atomic mass is 10.0. The zero-order valence-corrected chi connectivity index (χ0v) is 15.1. The van der Waals surface area contributed by atoms with Crippen molar-refractivity contribution in [2.75, 3.05) is 13.2 Å². The van der Waals surface area contributed by atoms with Crippen LogP contribution in [0.15, 0.2) is 30.3 Å². The molecule has 3 rings (SSSR count). The fourth-order valence-corrected chi connectivity index (χ4v) is 3.19. The van der Waals surface area contributed by atoms with Crippen molar-refractivity contribution < 1.29 is 9.53 Å². The van der Waals surface area contributed by atoms with Crippen LogP contribution < -0.4 is 15.4 Å². The maximum absolute atomic E-state index is 12.3. The van der Waals surface area contributed by atoms with Crippen LogP contribution in [0.4, 0.5) is 4.79 Å². The van der Waals surface area contributed by atoms with E-state index >= 15 is 0 Å². The van der Waals surface area contributed by atoms with Crippen LogP contribution >= 0.6 is 0 Å². The Labute approximate surface area is 148 Å². The number of benzene rings is 1. The number of carbonyl (C=O) groups is 1. The fraction of sp³-hybridized carbons (Fsp3) is 0.474. The number of fused-ring (bicyclic) bond motifs is 1. The second-order valence-electron chi connectivity index (χ2n) is 6.80. The molecular weight excluding hydrogens is 316 g/mol. The lowest BCUT2D eigenvalue weighted by Crippen LogP contribution is -2.41. The van der Waals surface area contributed by atoms with Gasteiger partial charge in [0, 0.05) is 30.8 Å². The molecule has 134 valence electrons. The maximum Gasteiger partial charge on any atom is 0.315 e. The van der Waals surface area contributed by atoms with E-state index in [1.54, 1.807) is 0 Å². The van der Waals surface area contributed by atoms with Crippen LogP contribution in [-0.4, -0.2) is 29.0 Å². The Balaban J connectivity index is 1.49. The minimum Gasteiger partial charge on any atom is -0.493 e. The molecule has 6 nitrogen and oxygen atoms in total. The molecule has 0 radical (unpaired) electrons. The molecule has 6 heteroatoms. The first-order chi connectivity index (χ1) is 12.0. The summed E-state index contributed by atoms with van der Waals surface area (Å²) in [5.41, 5.74) is 3.21. The third-order valence-electron chi connectivity index (χ3n) is 4.46. The Bertz CT molecular complexity index is 741. The summed E-state index contributed by atoms with van der Waals surface area (Å²) in [7, 11) is 0. The molecule has 0 saturated heterocycles. The Morgan fingerprint density at radius 2 is 2.20 bits per heavy atom. The number of nitrogens with zero attached hydrogens (tertiary/aromatic N) is 2. The molecule has 25 heavy (non-hydrogen) atoms. The van der Waals surface area contributed by atoms with Gasteiger partial charge in [-0.05, 0) is 31.9 Å². The first-order valence-electron chi connectivity index (χ1n) is 8.80. The van der Waals surface area contributed by atoms with Crippen LogP contribution in [0, 0.1) is 19.8 Å². The minimum atomic E-state index is -0.137. The molecule has 1 aliphatic heterocycles. The Morgan fingerprint density at radius 3 is 2.96 bits per heavy atom. The van der Waals surface area contributed by atoms with Crippen molar-refractivity contribution in [1.82, 2.24) is 20.4 Å². The highest BCUT2D eigenvalue weighted by atomic mass is 16.5. The number of ether oxygens (including phenoxy) is 1. The lowest BCUT2D eigenvalue weighted by molar-refractivity contribution is 0.221. The van der Waals surface area contributed by atoms with E-state index in [0.29, 0.717) is 19.1 Å². The highest BCUT2D eigenvalue weighted by Gasteiger charge is 2.22.